The van der Waals surface area contributed by atoms with E-state index in [-0.39, 0.29) is 17.9 Å². The Labute approximate surface area is 216 Å². The van der Waals surface area contributed by atoms with E-state index in [0.717, 1.165) is 18.4 Å². The van der Waals surface area contributed by atoms with Gasteiger partial charge < -0.3 is 24.2 Å². The van der Waals surface area contributed by atoms with Crippen LogP contribution in [-0.4, -0.2) is 47.5 Å². The quantitative estimate of drug-likeness (QED) is 0.182. The van der Waals surface area contributed by atoms with Crippen molar-refractivity contribution in [1.82, 2.24) is 9.88 Å². The molecule has 1 amide bonds. The largest absolute Gasteiger partial charge is 0.507 e. The van der Waals surface area contributed by atoms with E-state index in [1.165, 1.54) is 12.0 Å². The first-order valence-corrected chi connectivity index (χ1v) is 12.1. The number of ether oxygens (including phenoxy) is 3. The monoisotopic (exact) mass is 502 g/mol. The minimum atomic E-state index is -0.887. The third-order valence-corrected chi connectivity index (χ3v) is 6.25. The molecule has 3 aromatic rings. The second-order valence-electron chi connectivity index (χ2n) is 8.62. The SMILES string of the molecule is CCCCOc1ccc(/C(O)=C2\C(=O)C(=O)N(Cc3cccnc3)[C@H]2c2ccc(OC)cc2OC)cc1. The minimum absolute atomic E-state index is 0.0167. The van der Waals surface area contributed by atoms with Crippen molar-refractivity contribution in [1.29, 1.82) is 0 Å². The third kappa shape index (κ3) is 5.43. The van der Waals surface area contributed by atoms with E-state index in [1.54, 1.807) is 68.0 Å². The van der Waals surface area contributed by atoms with Gasteiger partial charge in [0, 0.05) is 36.1 Å². The molecule has 2 aromatic carbocycles. The van der Waals surface area contributed by atoms with E-state index in [4.69, 9.17) is 14.2 Å². The van der Waals surface area contributed by atoms with Crippen LogP contribution >= 0.6 is 0 Å². The molecular formula is C29H30N2O6. The lowest BCUT2D eigenvalue weighted by atomic mass is 9.94. The number of carbonyl (C=O) groups is 2. The van der Waals surface area contributed by atoms with Gasteiger partial charge in [-0.2, -0.15) is 0 Å². The van der Waals surface area contributed by atoms with Crippen LogP contribution in [0.15, 0.2) is 72.6 Å². The lowest BCUT2D eigenvalue weighted by molar-refractivity contribution is -0.140. The molecule has 1 N–H and O–H groups in total. The molecule has 1 atom stereocenters. The van der Waals surface area contributed by atoms with Gasteiger partial charge in [-0.3, -0.25) is 14.6 Å². The predicted molar refractivity (Wildman–Crippen MR) is 138 cm³/mol. The molecule has 0 spiro atoms. The van der Waals surface area contributed by atoms with Crippen LogP contribution in [-0.2, 0) is 16.1 Å². The second kappa shape index (κ2) is 11.6. The molecule has 1 fully saturated rings. The maximum absolute atomic E-state index is 13.4. The highest BCUT2D eigenvalue weighted by atomic mass is 16.5. The molecule has 192 valence electrons. The van der Waals surface area contributed by atoms with Crippen LogP contribution in [0.25, 0.3) is 5.76 Å². The number of ketones is 1. The molecule has 1 aliphatic rings. The number of unbranched alkanes of at least 4 members (excludes halogenated alkanes) is 1. The first-order chi connectivity index (χ1) is 18.0. The number of aliphatic hydroxyl groups is 1. The molecule has 8 heteroatoms. The first kappa shape index (κ1) is 25.8. The maximum Gasteiger partial charge on any atom is 0.295 e. The Morgan fingerprint density at radius 3 is 2.43 bits per heavy atom. The summed E-state index contributed by atoms with van der Waals surface area (Å²) in [6.45, 7) is 2.81. The average Bonchev–Trinajstić information content (AvgIpc) is 3.18. The number of aliphatic hydroxyl groups excluding tert-OH is 1. The Bertz CT molecular complexity index is 1290. The number of benzene rings is 2. The number of amides is 1. The molecule has 0 unspecified atom stereocenters. The van der Waals surface area contributed by atoms with Gasteiger partial charge in [0.25, 0.3) is 11.7 Å². The molecule has 1 saturated heterocycles. The van der Waals surface area contributed by atoms with E-state index in [9.17, 15) is 14.7 Å². The molecule has 37 heavy (non-hydrogen) atoms. The summed E-state index contributed by atoms with van der Waals surface area (Å²) in [7, 11) is 3.04. The smallest absolute Gasteiger partial charge is 0.295 e. The fraction of sp³-hybridized carbons (Fsp3) is 0.276. The zero-order valence-electron chi connectivity index (χ0n) is 21.1. The van der Waals surface area contributed by atoms with E-state index in [0.29, 0.717) is 35.0 Å². The Hall–Kier alpha value is -4.33. The van der Waals surface area contributed by atoms with Crippen molar-refractivity contribution < 1.29 is 28.9 Å². The van der Waals surface area contributed by atoms with E-state index in [2.05, 4.69) is 11.9 Å². The van der Waals surface area contributed by atoms with Gasteiger partial charge in [0.15, 0.2) is 0 Å². The number of pyridine rings is 1. The van der Waals surface area contributed by atoms with Crippen molar-refractivity contribution in [2.75, 3.05) is 20.8 Å². The number of hydrogen-bond acceptors (Lipinski definition) is 7. The van der Waals surface area contributed by atoms with Crippen LogP contribution in [0.5, 0.6) is 17.2 Å². The summed E-state index contributed by atoms with van der Waals surface area (Å²) in [4.78, 5) is 32.2. The molecule has 0 radical (unpaired) electrons. The van der Waals surface area contributed by atoms with Gasteiger partial charge in [0.1, 0.15) is 23.0 Å². The standard InChI is InChI=1S/C29H30N2O6/c1-4-5-15-37-21-10-8-20(9-11-21)27(32)25-26(23-13-12-22(35-2)16-24(23)36-3)31(29(34)28(25)33)18-19-7-6-14-30-17-19/h6-14,16-17,26,32H,4-5,15,18H2,1-3H3/b27-25+/t26-/m0/s1. The van der Waals surface area contributed by atoms with Crippen molar-refractivity contribution in [2.45, 2.75) is 32.4 Å². The van der Waals surface area contributed by atoms with Crippen LogP contribution in [0, 0.1) is 0 Å². The van der Waals surface area contributed by atoms with Gasteiger partial charge in [-0.25, -0.2) is 0 Å². The van der Waals surface area contributed by atoms with Gasteiger partial charge in [-0.1, -0.05) is 19.4 Å². The molecule has 1 aliphatic heterocycles. The lowest BCUT2D eigenvalue weighted by Crippen LogP contribution is -2.29. The zero-order valence-corrected chi connectivity index (χ0v) is 21.1. The molecule has 0 aliphatic carbocycles. The van der Waals surface area contributed by atoms with E-state index in [1.807, 2.05) is 6.07 Å². The maximum atomic E-state index is 13.4. The average molecular weight is 503 g/mol. The summed E-state index contributed by atoms with van der Waals surface area (Å²) >= 11 is 0. The molecular weight excluding hydrogens is 472 g/mol. The Kier molecular flexibility index (Phi) is 8.08. The van der Waals surface area contributed by atoms with Crippen molar-refractivity contribution >= 4 is 17.4 Å². The highest BCUT2D eigenvalue weighted by molar-refractivity contribution is 6.46. The number of hydrogen-bond donors (Lipinski definition) is 1. The molecule has 4 rings (SSSR count). The fourth-order valence-electron chi connectivity index (χ4n) is 4.30. The number of likely N-dealkylation sites (tertiary alicyclic amines) is 1. The van der Waals surface area contributed by atoms with Gasteiger partial charge in [0.2, 0.25) is 0 Å². The van der Waals surface area contributed by atoms with Crippen molar-refractivity contribution in [2.24, 2.45) is 0 Å². The molecule has 0 saturated carbocycles. The summed E-state index contributed by atoms with van der Waals surface area (Å²) in [5.41, 5.74) is 1.68. The first-order valence-electron chi connectivity index (χ1n) is 12.1. The van der Waals surface area contributed by atoms with Crippen LogP contribution in [0.1, 0.15) is 42.5 Å². The topological polar surface area (TPSA) is 98.2 Å². The Morgan fingerprint density at radius 2 is 1.78 bits per heavy atom. The highest BCUT2D eigenvalue weighted by Crippen LogP contribution is 2.44. The van der Waals surface area contributed by atoms with Crippen molar-refractivity contribution in [3.05, 3.63) is 89.3 Å². The minimum Gasteiger partial charge on any atom is -0.507 e. The molecule has 1 aromatic heterocycles. The van der Waals surface area contributed by atoms with Gasteiger partial charge >= 0.3 is 0 Å². The number of rotatable bonds is 10. The number of nitrogens with zero attached hydrogens (tertiary/aromatic N) is 2. The Balaban J connectivity index is 1.80. The van der Waals surface area contributed by atoms with Gasteiger partial charge in [-0.15, -0.1) is 0 Å². The van der Waals surface area contributed by atoms with Crippen molar-refractivity contribution in [3.63, 3.8) is 0 Å². The normalized spacial score (nSPS) is 16.6. The number of methoxy groups -OCH3 is 2. The fourth-order valence-corrected chi connectivity index (χ4v) is 4.30. The molecule has 0 bridgehead atoms. The summed E-state index contributed by atoms with van der Waals surface area (Å²) < 4.78 is 16.6. The van der Waals surface area contributed by atoms with Crippen LogP contribution in [0.2, 0.25) is 0 Å². The zero-order chi connectivity index (χ0) is 26.4. The van der Waals surface area contributed by atoms with Crippen LogP contribution in [0.3, 0.4) is 0 Å². The third-order valence-electron chi connectivity index (χ3n) is 6.25. The van der Waals surface area contributed by atoms with E-state index >= 15 is 0 Å². The molecule has 2 heterocycles. The number of carbonyl (C=O) groups excluding carboxylic acids is 2. The summed E-state index contributed by atoms with van der Waals surface area (Å²) in [5.74, 6) is -0.109. The summed E-state index contributed by atoms with van der Waals surface area (Å²) in [5, 5.41) is 11.4. The van der Waals surface area contributed by atoms with E-state index < -0.39 is 17.7 Å². The second-order valence-corrected chi connectivity index (χ2v) is 8.62. The predicted octanol–water partition coefficient (Wildman–Crippen LogP) is 4.90. The highest BCUT2D eigenvalue weighted by Gasteiger charge is 2.47. The summed E-state index contributed by atoms with van der Waals surface area (Å²) in [6, 6.07) is 14.7. The molecule has 8 nitrogen and oxygen atoms in total. The Morgan fingerprint density at radius 1 is 1.03 bits per heavy atom. The van der Waals surface area contributed by atoms with Crippen LogP contribution in [0.4, 0.5) is 0 Å². The lowest BCUT2D eigenvalue weighted by Gasteiger charge is -2.26. The number of Topliss-reactive ketones (excluding diaryl/α,β-unsaturated/α-hetero) is 1. The van der Waals surface area contributed by atoms with Gasteiger partial charge in [0.05, 0.1) is 32.4 Å². The van der Waals surface area contributed by atoms with Gasteiger partial charge in [-0.05, 0) is 54.4 Å². The number of aromatic nitrogens is 1. The van der Waals surface area contributed by atoms with Crippen molar-refractivity contribution in [3.8, 4) is 17.2 Å². The van der Waals surface area contributed by atoms with Crippen LogP contribution < -0.4 is 14.2 Å². The summed E-state index contributed by atoms with van der Waals surface area (Å²) in [6.07, 6.45) is 5.23.